The normalized spacial score (nSPS) is 15.1. The zero-order chi connectivity index (χ0) is 41.9. The van der Waals surface area contributed by atoms with Gasteiger partial charge in [-0.2, -0.15) is 0 Å². The van der Waals surface area contributed by atoms with Crippen molar-refractivity contribution in [2.75, 3.05) is 13.2 Å². The minimum Gasteiger partial charge on any atom is -0.507 e. The van der Waals surface area contributed by atoms with Crippen LogP contribution in [0.3, 0.4) is 0 Å². The van der Waals surface area contributed by atoms with Crippen LogP contribution in [0.4, 0.5) is 0 Å². The molecule has 5 aromatic rings. The Bertz CT molecular complexity index is 2090. The second kappa shape index (κ2) is 15.2. The molecule has 0 unspecified atom stereocenters. The fraction of sp³-hybridized carbons (Fsp3) is 0.444. The number of phenolic OH excluding ortho intramolecular Hbond substituents is 2. The lowest BCUT2D eigenvalue weighted by molar-refractivity contribution is 0.310. The van der Waals surface area contributed by atoms with Crippen LogP contribution in [0.5, 0.6) is 23.0 Å². The molecule has 2 heterocycles. The van der Waals surface area contributed by atoms with Gasteiger partial charge < -0.3 is 19.7 Å². The van der Waals surface area contributed by atoms with Crippen LogP contribution in [0.2, 0.25) is 0 Å². The van der Waals surface area contributed by atoms with E-state index in [-0.39, 0.29) is 21.7 Å². The number of aromatic hydroxyl groups is 2. The summed E-state index contributed by atoms with van der Waals surface area (Å²) in [6, 6.07) is 26.7. The minimum atomic E-state index is -0.151. The van der Waals surface area contributed by atoms with Gasteiger partial charge in [-0.3, -0.25) is 0 Å². The van der Waals surface area contributed by atoms with Crippen molar-refractivity contribution in [3.63, 3.8) is 0 Å². The van der Waals surface area contributed by atoms with Gasteiger partial charge in [0.25, 0.3) is 0 Å². The first-order valence-electron chi connectivity index (χ1n) is 21.4. The first-order valence-corrected chi connectivity index (χ1v) is 21.4. The number of fused-ring (bicyclic) bond motifs is 4. The molecule has 2 aliphatic heterocycles. The highest BCUT2D eigenvalue weighted by Gasteiger charge is 2.29. The van der Waals surface area contributed by atoms with Gasteiger partial charge >= 0.3 is 0 Å². The van der Waals surface area contributed by atoms with Crippen molar-refractivity contribution in [2.24, 2.45) is 0 Å². The van der Waals surface area contributed by atoms with Crippen LogP contribution in [-0.4, -0.2) is 23.4 Å². The van der Waals surface area contributed by atoms with Crippen molar-refractivity contribution >= 4 is 0 Å². The van der Waals surface area contributed by atoms with Gasteiger partial charge in [0, 0.05) is 38.5 Å². The molecule has 3 aliphatic rings. The van der Waals surface area contributed by atoms with Gasteiger partial charge in [-0.05, 0) is 99.5 Å². The van der Waals surface area contributed by atoms with Gasteiger partial charge in [0.1, 0.15) is 23.0 Å². The van der Waals surface area contributed by atoms with Crippen LogP contribution in [0.25, 0.3) is 0 Å². The monoisotopic (exact) mass is 778 g/mol. The third-order valence-electron chi connectivity index (χ3n) is 12.4. The number of rotatable bonds is 0. The van der Waals surface area contributed by atoms with E-state index in [0.717, 1.165) is 68.8 Å². The zero-order valence-corrected chi connectivity index (χ0v) is 37.3. The quantitative estimate of drug-likeness (QED) is 0.161. The summed E-state index contributed by atoms with van der Waals surface area (Å²) in [7, 11) is 0. The third kappa shape index (κ3) is 8.68. The molecular weight excluding hydrogens is 713 g/mol. The van der Waals surface area contributed by atoms with E-state index in [1.54, 1.807) is 0 Å². The molecule has 5 aromatic carbocycles. The summed E-state index contributed by atoms with van der Waals surface area (Å²) in [5.41, 5.74) is 14.4. The van der Waals surface area contributed by atoms with E-state index in [1.807, 2.05) is 0 Å². The highest BCUT2D eigenvalue weighted by atomic mass is 16.5. The van der Waals surface area contributed by atoms with E-state index in [9.17, 15) is 10.2 Å². The number of hydrogen-bond donors (Lipinski definition) is 2. The standard InChI is InChI=1S/C54H66O4/c1-51(2,3)43-25-35-21-39-29-45(53(7,8)9)31-41-23-37-27-44(52(4,5)6)28-38(48(37)56)24-42-32-46(54(10,11)12)30-40(22-36(26-43)47(35)55)50(42)58-20-18-34-16-14-13-15-33(34)17-19-57-49(39)41/h13-16,25-32,55-56H,17-24H2,1-12H3. The van der Waals surface area contributed by atoms with E-state index in [2.05, 4.69) is 156 Å². The Balaban J connectivity index is 1.62. The molecule has 0 amide bonds. The highest BCUT2D eigenvalue weighted by molar-refractivity contribution is 5.59. The Kier molecular flexibility index (Phi) is 10.8. The Hall–Kier alpha value is -4.70. The van der Waals surface area contributed by atoms with Gasteiger partial charge in [-0.15, -0.1) is 0 Å². The molecule has 0 saturated carbocycles. The number of benzene rings is 5. The molecule has 0 radical (unpaired) electrons. The maximum absolute atomic E-state index is 12.5. The van der Waals surface area contributed by atoms with Crippen LogP contribution in [0, 0.1) is 0 Å². The number of ether oxygens (including phenoxy) is 2. The van der Waals surface area contributed by atoms with Crippen molar-refractivity contribution in [1.82, 2.24) is 0 Å². The van der Waals surface area contributed by atoms with Gasteiger partial charge in [-0.1, -0.05) is 156 Å². The molecule has 0 saturated heterocycles. The summed E-state index contributed by atoms with van der Waals surface area (Å²) in [6.45, 7) is 28.0. The smallest absolute Gasteiger partial charge is 0.126 e. The maximum atomic E-state index is 12.5. The Morgan fingerprint density at radius 1 is 0.362 bits per heavy atom. The van der Waals surface area contributed by atoms with Gasteiger partial charge in [0.15, 0.2) is 0 Å². The Morgan fingerprint density at radius 3 is 0.845 bits per heavy atom. The fourth-order valence-electron chi connectivity index (χ4n) is 8.59. The van der Waals surface area contributed by atoms with Crippen LogP contribution in [0.1, 0.15) is 161 Å². The summed E-state index contributed by atoms with van der Waals surface area (Å²) < 4.78 is 14.1. The summed E-state index contributed by atoms with van der Waals surface area (Å²) in [6.07, 6.45) is 3.50. The molecule has 0 fully saturated rings. The second-order valence-electron chi connectivity index (χ2n) is 21.2. The average molecular weight is 779 g/mol. The fourth-order valence-corrected chi connectivity index (χ4v) is 8.59. The maximum Gasteiger partial charge on any atom is 0.126 e. The molecule has 58 heavy (non-hydrogen) atoms. The SMILES string of the molecule is CC(C)(C)c1cc2c(O)c(c1)Cc1cc(C(C)(C)C)cc3c1OCCc1ccccc1CCOc1c(cc(C(C)(C)C)cc1Cc1cc(C(C)(C)C)cc(c1O)C3)C2. The van der Waals surface area contributed by atoms with Gasteiger partial charge in [-0.25, -0.2) is 0 Å². The average Bonchev–Trinajstić information content (AvgIpc) is 3.11. The van der Waals surface area contributed by atoms with Crippen LogP contribution in [-0.2, 0) is 60.2 Å². The first kappa shape index (κ1) is 41.5. The number of hydrogen-bond acceptors (Lipinski definition) is 4. The second-order valence-corrected chi connectivity index (χ2v) is 21.2. The summed E-state index contributed by atoms with van der Waals surface area (Å²) in [5.74, 6) is 2.35. The largest absolute Gasteiger partial charge is 0.507 e. The predicted molar refractivity (Wildman–Crippen MR) is 240 cm³/mol. The van der Waals surface area contributed by atoms with Crippen LogP contribution in [0.15, 0.2) is 72.8 Å². The van der Waals surface area contributed by atoms with E-state index in [4.69, 9.17) is 9.47 Å². The van der Waals surface area contributed by atoms with Crippen molar-refractivity contribution in [3.8, 4) is 23.0 Å². The molecule has 1 aliphatic carbocycles. The summed E-state index contributed by atoms with van der Waals surface area (Å²) in [5, 5.41) is 24.9. The van der Waals surface area contributed by atoms with Crippen molar-refractivity contribution < 1.29 is 19.7 Å². The van der Waals surface area contributed by atoms with Crippen molar-refractivity contribution in [1.29, 1.82) is 0 Å². The summed E-state index contributed by atoms with van der Waals surface area (Å²) in [4.78, 5) is 0. The number of phenols is 2. The highest BCUT2D eigenvalue weighted by Crippen LogP contribution is 2.44. The lowest BCUT2D eigenvalue weighted by Gasteiger charge is -2.28. The molecule has 2 N–H and O–H groups in total. The molecule has 0 aromatic heterocycles. The van der Waals surface area contributed by atoms with E-state index in [1.165, 1.54) is 33.4 Å². The van der Waals surface area contributed by atoms with E-state index < -0.39 is 0 Å². The van der Waals surface area contributed by atoms with E-state index >= 15 is 0 Å². The summed E-state index contributed by atoms with van der Waals surface area (Å²) >= 11 is 0. The molecule has 0 spiro atoms. The van der Waals surface area contributed by atoms with E-state index in [0.29, 0.717) is 50.4 Å². The predicted octanol–water partition coefficient (Wildman–Crippen LogP) is 12.5. The Morgan fingerprint density at radius 2 is 0.603 bits per heavy atom. The van der Waals surface area contributed by atoms with Gasteiger partial charge in [0.2, 0.25) is 0 Å². The van der Waals surface area contributed by atoms with Crippen molar-refractivity contribution in [2.45, 2.75) is 143 Å². The van der Waals surface area contributed by atoms with Crippen LogP contribution >= 0.6 is 0 Å². The lowest BCUT2D eigenvalue weighted by atomic mass is 9.79. The third-order valence-corrected chi connectivity index (χ3v) is 12.4. The molecular formula is C54H66O4. The molecule has 8 rings (SSSR count). The lowest BCUT2D eigenvalue weighted by Crippen LogP contribution is -2.17. The topological polar surface area (TPSA) is 58.9 Å². The first-order chi connectivity index (χ1) is 27.1. The molecule has 306 valence electrons. The van der Waals surface area contributed by atoms with Crippen molar-refractivity contribution in [3.05, 3.63) is 151 Å². The van der Waals surface area contributed by atoms with Crippen LogP contribution < -0.4 is 9.47 Å². The molecule has 4 heteroatoms. The minimum absolute atomic E-state index is 0.150. The molecule has 4 nitrogen and oxygen atoms in total. The Labute approximate surface area is 348 Å². The molecule has 10 bridgehead atoms. The molecule has 0 atom stereocenters. The zero-order valence-electron chi connectivity index (χ0n) is 37.3. The van der Waals surface area contributed by atoms with Gasteiger partial charge in [0.05, 0.1) is 13.2 Å².